The van der Waals surface area contributed by atoms with Crippen LogP contribution in [0.3, 0.4) is 0 Å². The summed E-state index contributed by atoms with van der Waals surface area (Å²) in [6.45, 7) is 5.28. The number of aromatic nitrogens is 2. The summed E-state index contributed by atoms with van der Waals surface area (Å²) < 4.78 is 19.4. The predicted octanol–water partition coefficient (Wildman–Crippen LogP) is 3.33. The molecule has 20 heavy (non-hydrogen) atoms. The summed E-state index contributed by atoms with van der Waals surface area (Å²) in [5, 5.41) is 9.36. The highest BCUT2D eigenvalue weighted by Crippen LogP contribution is 2.28. The lowest BCUT2D eigenvalue weighted by Gasteiger charge is -2.12. The molecular weight excluding hydrogens is 259 g/mol. The third kappa shape index (κ3) is 2.93. The maximum absolute atomic E-state index is 13.9. The topological polar surface area (TPSA) is 55.2 Å². The molecule has 0 saturated heterocycles. The lowest BCUT2D eigenvalue weighted by atomic mass is 10.2. The van der Waals surface area contributed by atoms with Gasteiger partial charge in [-0.25, -0.2) is 14.4 Å². The van der Waals surface area contributed by atoms with Gasteiger partial charge in [-0.15, -0.1) is 0 Å². The van der Waals surface area contributed by atoms with Crippen molar-refractivity contribution < 1.29 is 14.2 Å². The lowest BCUT2D eigenvalue weighted by molar-refractivity contribution is 0.269. The number of hydrogen-bond acceptors (Lipinski definition) is 4. The average molecular weight is 276 g/mol. The van der Waals surface area contributed by atoms with E-state index in [4.69, 9.17) is 4.74 Å². The summed E-state index contributed by atoms with van der Waals surface area (Å²) in [4.78, 5) is 8.40. The van der Waals surface area contributed by atoms with Crippen LogP contribution in [0.1, 0.15) is 36.8 Å². The fourth-order valence-electron chi connectivity index (χ4n) is 1.72. The highest BCUT2D eigenvalue weighted by Gasteiger charge is 2.13. The first-order valence-electron chi connectivity index (χ1n) is 6.42. The van der Waals surface area contributed by atoms with E-state index in [0.717, 1.165) is 0 Å². The van der Waals surface area contributed by atoms with Crippen molar-refractivity contribution in [2.45, 2.75) is 33.3 Å². The highest BCUT2D eigenvalue weighted by molar-refractivity contribution is 5.36. The second kappa shape index (κ2) is 5.96. The van der Waals surface area contributed by atoms with Gasteiger partial charge in [-0.3, -0.25) is 0 Å². The monoisotopic (exact) mass is 276 g/mol. The molecule has 1 aromatic carbocycles. The minimum atomic E-state index is -0.427. The van der Waals surface area contributed by atoms with Gasteiger partial charge in [0.2, 0.25) is 0 Å². The Kier molecular flexibility index (Phi) is 4.29. The third-order valence-electron chi connectivity index (χ3n) is 2.89. The van der Waals surface area contributed by atoms with Crippen LogP contribution >= 0.6 is 0 Å². The van der Waals surface area contributed by atoms with Gasteiger partial charge in [0.25, 0.3) is 0 Å². The van der Waals surface area contributed by atoms with E-state index < -0.39 is 5.82 Å². The molecule has 0 aliphatic heterocycles. The van der Waals surface area contributed by atoms with E-state index in [9.17, 15) is 9.50 Å². The maximum atomic E-state index is 13.9. The molecule has 4 nitrogen and oxygen atoms in total. The number of aryl methyl sites for hydroxylation is 1. The first-order valence-corrected chi connectivity index (χ1v) is 6.42. The molecule has 106 valence electrons. The number of ether oxygens (including phenoxy) is 1. The fraction of sp³-hybridized carbons (Fsp3) is 0.333. The number of hydrogen-bond donors (Lipinski definition) is 1. The Morgan fingerprint density at radius 3 is 2.70 bits per heavy atom. The maximum Gasteiger partial charge on any atom is 0.169 e. The molecule has 2 aromatic rings. The van der Waals surface area contributed by atoms with Crippen molar-refractivity contribution in [3.8, 4) is 11.5 Å². The second-order valence-corrected chi connectivity index (χ2v) is 4.84. The fourth-order valence-corrected chi connectivity index (χ4v) is 1.72. The van der Waals surface area contributed by atoms with Gasteiger partial charge in [-0.2, -0.15) is 0 Å². The molecule has 0 unspecified atom stereocenters. The van der Waals surface area contributed by atoms with Crippen molar-refractivity contribution in [2.24, 2.45) is 0 Å². The van der Waals surface area contributed by atoms with Gasteiger partial charge >= 0.3 is 0 Å². The Morgan fingerprint density at radius 1 is 1.30 bits per heavy atom. The number of nitrogens with zero attached hydrogens (tertiary/aromatic N) is 2. The van der Waals surface area contributed by atoms with E-state index in [-0.39, 0.29) is 24.0 Å². The zero-order chi connectivity index (χ0) is 14.7. The highest BCUT2D eigenvalue weighted by atomic mass is 19.1. The van der Waals surface area contributed by atoms with E-state index in [0.29, 0.717) is 17.1 Å². The number of benzene rings is 1. The van der Waals surface area contributed by atoms with Gasteiger partial charge in [0.1, 0.15) is 11.5 Å². The lowest BCUT2D eigenvalue weighted by Crippen LogP contribution is -2.04. The van der Waals surface area contributed by atoms with Crippen molar-refractivity contribution in [1.29, 1.82) is 0 Å². The molecule has 0 atom stereocenters. The van der Waals surface area contributed by atoms with Gasteiger partial charge in [-0.05, 0) is 18.6 Å². The Morgan fingerprint density at radius 2 is 2.05 bits per heavy atom. The van der Waals surface area contributed by atoms with Crippen LogP contribution in [0.5, 0.6) is 11.5 Å². The van der Waals surface area contributed by atoms with Gasteiger partial charge in [0, 0.05) is 5.92 Å². The van der Waals surface area contributed by atoms with Crippen LogP contribution in [0.2, 0.25) is 0 Å². The van der Waals surface area contributed by atoms with Crippen LogP contribution < -0.4 is 4.74 Å². The predicted molar refractivity (Wildman–Crippen MR) is 73.3 cm³/mol. The van der Waals surface area contributed by atoms with Crippen LogP contribution in [0.25, 0.3) is 0 Å². The van der Waals surface area contributed by atoms with Gasteiger partial charge in [0.05, 0.1) is 12.8 Å². The van der Waals surface area contributed by atoms with Crippen molar-refractivity contribution in [3.05, 3.63) is 47.3 Å². The van der Waals surface area contributed by atoms with Crippen molar-refractivity contribution in [1.82, 2.24) is 9.97 Å². The zero-order valence-electron chi connectivity index (χ0n) is 11.7. The van der Waals surface area contributed by atoms with Gasteiger partial charge < -0.3 is 9.84 Å². The van der Waals surface area contributed by atoms with E-state index in [1.165, 1.54) is 12.3 Å². The largest absolute Gasteiger partial charge is 0.451 e. The molecule has 0 spiro atoms. The molecule has 1 aromatic heterocycles. The van der Waals surface area contributed by atoms with Crippen molar-refractivity contribution in [2.75, 3.05) is 0 Å². The van der Waals surface area contributed by atoms with Gasteiger partial charge in [0.15, 0.2) is 17.3 Å². The zero-order valence-corrected chi connectivity index (χ0v) is 11.7. The van der Waals surface area contributed by atoms with E-state index in [1.54, 1.807) is 19.1 Å². The summed E-state index contributed by atoms with van der Waals surface area (Å²) in [6.07, 6.45) is 1.47. The molecule has 0 fully saturated rings. The average Bonchev–Trinajstić information content (AvgIpc) is 2.44. The molecule has 1 N–H and O–H groups in total. The first-order chi connectivity index (χ1) is 9.52. The summed E-state index contributed by atoms with van der Waals surface area (Å²) in [6, 6.07) is 4.89. The molecule has 5 heteroatoms. The number of halogens is 1. The molecule has 0 amide bonds. The Balaban J connectivity index is 2.36. The molecule has 2 rings (SSSR count). The molecular formula is C15H17FN2O2. The van der Waals surface area contributed by atoms with Crippen molar-refractivity contribution in [3.63, 3.8) is 0 Å². The molecule has 0 radical (unpaired) electrons. The Hall–Kier alpha value is -2.01. The summed E-state index contributed by atoms with van der Waals surface area (Å²) in [5.41, 5.74) is 0.845. The van der Waals surface area contributed by atoms with Crippen molar-refractivity contribution >= 4 is 0 Å². The van der Waals surface area contributed by atoms with Crippen LogP contribution in [-0.4, -0.2) is 15.1 Å². The summed E-state index contributed by atoms with van der Waals surface area (Å²) in [5.74, 6) is 0.697. The van der Waals surface area contributed by atoms with E-state index in [1.807, 2.05) is 13.8 Å². The second-order valence-electron chi connectivity index (χ2n) is 4.84. The standard InChI is InChI=1S/C15H17FN2O2/c1-9(2)15-17-7-13(11(8-19)18-15)20-12-6-4-5-10(3)14(12)16/h4-7,9,19H,8H2,1-3H3. The molecule has 0 aliphatic carbocycles. The first kappa shape index (κ1) is 14.4. The third-order valence-corrected chi connectivity index (χ3v) is 2.89. The van der Waals surface area contributed by atoms with Crippen LogP contribution in [0.4, 0.5) is 4.39 Å². The van der Waals surface area contributed by atoms with Crippen LogP contribution in [0, 0.1) is 12.7 Å². The molecule has 0 aliphatic rings. The molecule has 0 bridgehead atoms. The van der Waals surface area contributed by atoms with Gasteiger partial charge in [-0.1, -0.05) is 26.0 Å². The molecule has 0 saturated carbocycles. The Labute approximate surface area is 117 Å². The van der Waals surface area contributed by atoms with Crippen LogP contribution in [-0.2, 0) is 6.61 Å². The number of aliphatic hydroxyl groups is 1. The smallest absolute Gasteiger partial charge is 0.169 e. The molecule has 1 heterocycles. The summed E-state index contributed by atoms with van der Waals surface area (Å²) >= 11 is 0. The summed E-state index contributed by atoms with van der Waals surface area (Å²) in [7, 11) is 0. The minimum Gasteiger partial charge on any atom is -0.451 e. The number of aliphatic hydroxyl groups excluding tert-OH is 1. The Bertz CT molecular complexity index is 615. The SMILES string of the molecule is Cc1cccc(Oc2cnc(C(C)C)nc2CO)c1F. The van der Waals surface area contributed by atoms with E-state index >= 15 is 0 Å². The van der Waals surface area contributed by atoms with Crippen LogP contribution in [0.15, 0.2) is 24.4 Å². The normalized spacial score (nSPS) is 10.9. The number of rotatable bonds is 4. The van der Waals surface area contributed by atoms with E-state index in [2.05, 4.69) is 9.97 Å². The quantitative estimate of drug-likeness (QED) is 0.930. The minimum absolute atomic E-state index is 0.0978.